The summed E-state index contributed by atoms with van der Waals surface area (Å²) >= 11 is 11.0. The molecule has 7 heteroatoms. The highest BCUT2D eigenvalue weighted by Gasteiger charge is 2.17. The minimum Gasteiger partial charge on any atom is -0.243 e. The molecule has 0 aliphatic carbocycles. The molecule has 0 unspecified atom stereocenters. The van der Waals surface area contributed by atoms with Gasteiger partial charge in [0.05, 0.1) is 5.02 Å². The summed E-state index contributed by atoms with van der Waals surface area (Å²) in [6, 6.07) is 1.30. The molecule has 4 nitrogen and oxygen atoms in total. The van der Waals surface area contributed by atoms with Crippen LogP contribution in [-0.2, 0) is 10.0 Å². The molecule has 1 heterocycles. The van der Waals surface area contributed by atoms with Gasteiger partial charge < -0.3 is 0 Å². The SMILES string of the molecule is NS(=O)(=O)c1c(Cl)ccnc1Cl. The third-order valence-corrected chi connectivity index (χ3v) is 2.91. The van der Waals surface area contributed by atoms with Crippen LogP contribution in [0.25, 0.3) is 0 Å². The topological polar surface area (TPSA) is 73.1 Å². The Kier molecular flexibility index (Phi) is 2.58. The van der Waals surface area contributed by atoms with Crippen molar-refractivity contribution in [3.8, 4) is 0 Å². The lowest BCUT2D eigenvalue weighted by Gasteiger charge is -2.01. The molecule has 0 atom stereocenters. The quantitative estimate of drug-likeness (QED) is 0.728. The van der Waals surface area contributed by atoms with Crippen molar-refractivity contribution in [1.29, 1.82) is 0 Å². The average Bonchev–Trinajstić information content (AvgIpc) is 1.82. The number of sulfonamides is 1. The van der Waals surface area contributed by atoms with E-state index in [1.807, 2.05) is 0 Å². The molecule has 0 saturated heterocycles. The van der Waals surface area contributed by atoms with Gasteiger partial charge in [0.15, 0.2) is 5.15 Å². The van der Waals surface area contributed by atoms with Crippen LogP contribution in [0.5, 0.6) is 0 Å². The minimum absolute atomic E-state index is 0.0301. The van der Waals surface area contributed by atoms with Gasteiger partial charge in [0.1, 0.15) is 4.90 Å². The predicted molar refractivity (Wildman–Crippen MR) is 45.6 cm³/mol. The van der Waals surface area contributed by atoms with Crippen molar-refractivity contribution < 1.29 is 8.42 Å². The van der Waals surface area contributed by atoms with Gasteiger partial charge in [-0.25, -0.2) is 18.5 Å². The molecule has 0 radical (unpaired) electrons. The molecule has 0 saturated carbocycles. The fourth-order valence-electron chi connectivity index (χ4n) is 0.654. The van der Waals surface area contributed by atoms with Crippen LogP contribution in [0.3, 0.4) is 0 Å². The van der Waals surface area contributed by atoms with Crippen LogP contribution in [0.4, 0.5) is 0 Å². The number of pyridine rings is 1. The number of aromatic nitrogens is 1. The zero-order valence-corrected chi connectivity index (χ0v) is 7.99. The van der Waals surface area contributed by atoms with Crippen molar-refractivity contribution in [2.45, 2.75) is 4.90 Å². The number of hydrogen-bond acceptors (Lipinski definition) is 3. The molecule has 0 amide bonds. The average molecular weight is 227 g/mol. The molecule has 0 fully saturated rings. The molecule has 1 aromatic rings. The highest BCUT2D eigenvalue weighted by Crippen LogP contribution is 2.25. The van der Waals surface area contributed by atoms with Gasteiger partial charge in [-0.2, -0.15) is 0 Å². The van der Waals surface area contributed by atoms with E-state index >= 15 is 0 Å². The summed E-state index contributed by atoms with van der Waals surface area (Å²) in [5, 5.41) is 4.57. The van der Waals surface area contributed by atoms with E-state index in [1.54, 1.807) is 0 Å². The Bertz CT molecular complexity index is 384. The Morgan fingerprint density at radius 3 is 2.33 bits per heavy atom. The van der Waals surface area contributed by atoms with Crippen molar-refractivity contribution in [2.24, 2.45) is 5.14 Å². The third kappa shape index (κ3) is 1.87. The van der Waals surface area contributed by atoms with Gasteiger partial charge in [0.2, 0.25) is 10.0 Å². The van der Waals surface area contributed by atoms with E-state index < -0.39 is 10.0 Å². The first-order valence-electron chi connectivity index (χ1n) is 2.75. The molecule has 0 aromatic carbocycles. The Balaban J connectivity index is 3.53. The van der Waals surface area contributed by atoms with E-state index in [1.165, 1.54) is 12.3 Å². The standard InChI is InChI=1S/C5H4Cl2N2O2S/c6-3-1-2-9-5(7)4(3)12(8,10)11/h1-2H,(H2,8,10,11). The third-order valence-electron chi connectivity index (χ3n) is 1.10. The molecule has 0 bridgehead atoms. The first-order chi connectivity index (χ1) is 5.43. The fourth-order valence-corrected chi connectivity index (χ4v) is 2.28. The second kappa shape index (κ2) is 3.18. The minimum atomic E-state index is -3.89. The number of halogens is 2. The van der Waals surface area contributed by atoms with E-state index in [4.69, 9.17) is 28.3 Å². The number of nitrogens with two attached hydrogens (primary N) is 1. The largest absolute Gasteiger partial charge is 0.243 e. The summed E-state index contributed by atoms with van der Waals surface area (Å²) in [4.78, 5) is 3.19. The van der Waals surface area contributed by atoms with Gasteiger partial charge >= 0.3 is 0 Å². The van der Waals surface area contributed by atoms with Crippen LogP contribution in [0.15, 0.2) is 17.2 Å². The molecule has 0 spiro atoms. The fraction of sp³-hybridized carbons (Fsp3) is 0. The maximum atomic E-state index is 10.8. The Morgan fingerprint density at radius 1 is 1.42 bits per heavy atom. The molecular weight excluding hydrogens is 223 g/mol. The monoisotopic (exact) mass is 226 g/mol. The molecule has 1 aromatic heterocycles. The Labute approximate surface area is 79.4 Å². The summed E-state index contributed by atoms with van der Waals surface area (Å²) in [6.45, 7) is 0. The summed E-state index contributed by atoms with van der Waals surface area (Å²) in [5.41, 5.74) is 0. The van der Waals surface area contributed by atoms with Crippen molar-refractivity contribution in [2.75, 3.05) is 0 Å². The van der Waals surface area contributed by atoms with Crippen molar-refractivity contribution in [1.82, 2.24) is 4.98 Å². The summed E-state index contributed by atoms with van der Waals surface area (Å²) < 4.78 is 21.7. The van der Waals surface area contributed by atoms with Crippen LogP contribution in [0.2, 0.25) is 10.2 Å². The first-order valence-corrected chi connectivity index (χ1v) is 5.06. The lowest BCUT2D eigenvalue weighted by atomic mass is 10.5. The summed E-state index contributed by atoms with van der Waals surface area (Å²) in [7, 11) is -3.89. The number of primary sulfonamides is 1. The Hall–Kier alpha value is -0.360. The predicted octanol–water partition coefficient (Wildman–Crippen LogP) is 1.04. The van der Waals surface area contributed by atoms with Gasteiger partial charge in [-0.05, 0) is 6.07 Å². The first kappa shape index (κ1) is 9.73. The number of rotatable bonds is 1. The lowest BCUT2D eigenvalue weighted by Crippen LogP contribution is -2.13. The van der Waals surface area contributed by atoms with Crippen LogP contribution in [-0.4, -0.2) is 13.4 Å². The number of nitrogens with zero attached hydrogens (tertiary/aromatic N) is 1. The molecule has 2 N–H and O–H groups in total. The molecular formula is C5H4Cl2N2O2S. The van der Waals surface area contributed by atoms with Gasteiger partial charge in [-0.3, -0.25) is 0 Å². The molecule has 66 valence electrons. The molecule has 1 rings (SSSR count). The second-order valence-corrected chi connectivity index (χ2v) is 4.22. The smallest absolute Gasteiger partial charge is 0.242 e. The summed E-state index contributed by atoms with van der Waals surface area (Å²) in [5.74, 6) is 0. The van der Waals surface area contributed by atoms with Crippen molar-refractivity contribution in [3.05, 3.63) is 22.4 Å². The maximum Gasteiger partial charge on any atom is 0.242 e. The van der Waals surface area contributed by atoms with Gasteiger partial charge in [-0.15, -0.1) is 0 Å². The number of hydrogen-bond donors (Lipinski definition) is 1. The zero-order valence-electron chi connectivity index (χ0n) is 5.66. The van der Waals surface area contributed by atoms with E-state index in [0.29, 0.717) is 0 Å². The normalized spacial score (nSPS) is 11.6. The van der Waals surface area contributed by atoms with Crippen molar-refractivity contribution >= 4 is 33.2 Å². The van der Waals surface area contributed by atoms with Gasteiger partial charge in [-0.1, -0.05) is 23.2 Å². The van der Waals surface area contributed by atoms with Gasteiger partial charge in [0, 0.05) is 6.20 Å². The molecule has 0 aliphatic rings. The van der Waals surface area contributed by atoms with E-state index in [9.17, 15) is 8.42 Å². The van der Waals surface area contributed by atoms with E-state index in [2.05, 4.69) is 4.98 Å². The molecule has 12 heavy (non-hydrogen) atoms. The zero-order chi connectivity index (χ0) is 9.35. The highest BCUT2D eigenvalue weighted by atomic mass is 35.5. The lowest BCUT2D eigenvalue weighted by molar-refractivity contribution is 0.597. The van der Waals surface area contributed by atoms with Crippen LogP contribution < -0.4 is 5.14 Å². The van der Waals surface area contributed by atoms with Crippen LogP contribution in [0.1, 0.15) is 0 Å². The van der Waals surface area contributed by atoms with Crippen LogP contribution >= 0.6 is 23.2 Å². The van der Waals surface area contributed by atoms with E-state index in [0.717, 1.165) is 0 Å². The van der Waals surface area contributed by atoms with Crippen LogP contribution in [0, 0.1) is 0 Å². The molecule has 0 aliphatic heterocycles. The van der Waals surface area contributed by atoms with E-state index in [-0.39, 0.29) is 15.1 Å². The Morgan fingerprint density at radius 2 is 2.00 bits per heavy atom. The van der Waals surface area contributed by atoms with Gasteiger partial charge in [0.25, 0.3) is 0 Å². The van der Waals surface area contributed by atoms with Crippen molar-refractivity contribution in [3.63, 3.8) is 0 Å². The maximum absolute atomic E-state index is 10.8. The summed E-state index contributed by atoms with van der Waals surface area (Å²) in [6.07, 6.45) is 1.29. The second-order valence-electron chi connectivity index (χ2n) is 1.96. The highest BCUT2D eigenvalue weighted by molar-refractivity contribution is 7.89.